The van der Waals surface area contributed by atoms with Crippen molar-refractivity contribution in [2.75, 3.05) is 0 Å². The molecule has 6 aromatic carbocycles. The van der Waals surface area contributed by atoms with Crippen molar-refractivity contribution in [3.8, 4) is 56.2 Å². The van der Waals surface area contributed by atoms with E-state index in [1.165, 1.54) is 81.8 Å². The molecule has 0 radical (unpaired) electrons. The lowest BCUT2D eigenvalue weighted by molar-refractivity contribution is 0.353. The molecule has 220 valence electrons. The molecule has 0 N–H and O–H groups in total. The Hall–Kier alpha value is -5.34. The maximum absolute atomic E-state index is 5.30. The average molecular weight is 591 g/mol. The molecular weight excluding hydrogens is 556 g/mol. The van der Waals surface area contributed by atoms with Gasteiger partial charge in [0.05, 0.1) is 11.4 Å². The molecule has 0 amide bonds. The Morgan fingerprint density at radius 2 is 1.02 bits per heavy atom. The second kappa shape index (κ2) is 10.9. The molecule has 1 heterocycles. The van der Waals surface area contributed by atoms with Crippen LogP contribution in [0.5, 0.6) is 0 Å². The molecule has 0 aliphatic heterocycles. The predicted octanol–water partition coefficient (Wildman–Crippen LogP) is 11.5. The third kappa shape index (κ3) is 4.40. The van der Waals surface area contributed by atoms with E-state index >= 15 is 0 Å². The van der Waals surface area contributed by atoms with E-state index in [4.69, 9.17) is 9.97 Å². The van der Waals surface area contributed by atoms with Crippen LogP contribution in [0.4, 0.5) is 0 Å². The molecule has 2 aliphatic carbocycles. The molecule has 1 fully saturated rings. The van der Waals surface area contributed by atoms with Gasteiger partial charge in [0.2, 0.25) is 0 Å². The van der Waals surface area contributed by atoms with Crippen molar-refractivity contribution < 1.29 is 0 Å². The number of hydrogen-bond donors (Lipinski definition) is 0. The summed E-state index contributed by atoms with van der Waals surface area (Å²) < 4.78 is 0. The van der Waals surface area contributed by atoms with Gasteiger partial charge in [0.25, 0.3) is 0 Å². The minimum atomic E-state index is 0.0638. The number of nitrogens with zero attached hydrogens (tertiary/aromatic N) is 2. The average Bonchev–Trinajstić information content (AvgIpc) is 3.39. The lowest BCUT2D eigenvalue weighted by Gasteiger charge is -2.36. The van der Waals surface area contributed by atoms with E-state index < -0.39 is 0 Å². The van der Waals surface area contributed by atoms with Crippen LogP contribution in [-0.2, 0) is 5.41 Å². The van der Waals surface area contributed by atoms with Gasteiger partial charge in [-0.2, -0.15) is 0 Å². The molecule has 1 spiro atoms. The summed E-state index contributed by atoms with van der Waals surface area (Å²) in [4.78, 5) is 10.5. The summed E-state index contributed by atoms with van der Waals surface area (Å²) >= 11 is 0. The van der Waals surface area contributed by atoms with E-state index in [-0.39, 0.29) is 5.41 Å². The number of hydrogen-bond acceptors (Lipinski definition) is 2. The van der Waals surface area contributed by atoms with E-state index in [2.05, 4.69) is 140 Å². The molecule has 2 aliphatic rings. The van der Waals surface area contributed by atoms with Crippen LogP contribution < -0.4 is 0 Å². The van der Waals surface area contributed by atoms with Crippen LogP contribution in [0, 0.1) is 0 Å². The monoisotopic (exact) mass is 590 g/mol. The largest absolute Gasteiger partial charge is 0.228 e. The number of aromatic nitrogens is 2. The maximum atomic E-state index is 5.30. The van der Waals surface area contributed by atoms with Gasteiger partial charge in [-0.15, -0.1) is 0 Å². The van der Waals surface area contributed by atoms with Crippen molar-refractivity contribution in [1.29, 1.82) is 0 Å². The zero-order valence-corrected chi connectivity index (χ0v) is 25.8. The van der Waals surface area contributed by atoms with Crippen LogP contribution in [0.3, 0.4) is 0 Å². The van der Waals surface area contributed by atoms with E-state index in [1.54, 1.807) is 0 Å². The fraction of sp³-hybridized carbons (Fsp3) is 0.136. The molecule has 0 saturated heterocycles. The maximum Gasteiger partial charge on any atom is 0.160 e. The molecule has 46 heavy (non-hydrogen) atoms. The van der Waals surface area contributed by atoms with Crippen molar-refractivity contribution >= 4 is 10.8 Å². The lowest BCUT2D eigenvalue weighted by Crippen LogP contribution is -2.28. The first-order chi connectivity index (χ1) is 22.8. The Morgan fingerprint density at radius 3 is 1.76 bits per heavy atom. The van der Waals surface area contributed by atoms with E-state index in [0.29, 0.717) is 0 Å². The SMILES string of the molecule is c1ccc(-c2ccc(-c3cc(-c4cccc5c4-c4cc6ccccc6cc4C54CCCCC4)nc(-c4ccccc4)n3)cc2)cc1. The van der Waals surface area contributed by atoms with Crippen LogP contribution in [0.2, 0.25) is 0 Å². The summed E-state index contributed by atoms with van der Waals surface area (Å²) in [6, 6.07) is 52.6. The van der Waals surface area contributed by atoms with Gasteiger partial charge in [-0.25, -0.2) is 9.97 Å². The van der Waals surface area contributed by atoms with Crippen LogP contribution in [-0.4, -0.2) is 9.97 Å². The third-order valence-corrected chi connectivity index (χ3v) is 10.3. The fourth-order valence-electron chi connectivity index (χ4n) is 8.05. The Balaban J connectivity index is 1.26. The van der Waals surface area contributed by atoms with Gasteiger partial charge in [-0.1, -0.05) is 147 Å². The number of fused-ring (bicyclic) bond motifs is 6. The van der Waals surface area contributed by atoms with Crippen LogP contribution in [0.15, 0.2) is 146 Å². The quantitative estimate of drug-likeness (QED) is 0.204. The first-order valence-electron chi connectivity index (χ1n) is 16.5. The zero-order valence-electron chi connectivity index (χ0n) is 25.8. The normalized spacial score (nSPS) is 14.7. The molecule has 1 saturated carbocycles. The van der Waals surface area contributed by atoms with Gasteiger partial charge < -0.3 is 0 Å². The van der Waals surface area contributed by atoms with Gasteiger partial charge in [-0.05, 0) is 75.2 Å². The molecule has 9 rings (SSSR count). The second-order valence-corrected chi connectivity index (χ2v) is 12.9. The molecule has 7 aromatic rings. The van der Waals surface area contributed by atoms with Crippen LogP contribution >= 0.6 is 0 Å². The van der Waals surface area contributed by atoms with Crippen molar-refractivity contribution in [2.45, 2.75) is 37.5 Å². The molecule has 0 unspecified atom stereocenters. The smallest absolute Gasteiger partial charge is 0.160 e. The summed E-state index contributed by atoms with van der Waals surface area (Å²) in [5.74, 6) is 0.752. The van der Waals surface area contributed by atoms with E-state index in [9.17, 15) is 0 Å². The van der Waals surface area contributed by atoms with Gasteiger partial charge in [0.1, 0.15) is 0 Å². The zero-order chi connectivity index (χ0) is 30.5. The van der Waals surface area contributed by atoms with Crippen molar-refractivity contribution in [1.82, 2.24) is 9.97 Å². The summed E-state index contributed by atoms with van der Waals surface area (Å²) in [5.41, 5.74) is 13.4. The first-order valence-corrected chi connectivity index (χ1v) is 16.5. The highest BCUT2D eigenvalue weighted by molar-refractivity contribution is 5.98. The molecule has 0 atom stereocenters. The highest BCUT2D eigenvalue weighted by atomic mass is 14.9. The number of benzene rings is 6. The highest BCUT2D eigenvalue weighted by Gasteiger charge is 2.44. The van der Waals surface area contributed by atoms with Gasteiger partial charge in [0, 0.05) is 22.1 Å². The van der Waals surface area contributed by atoms with Crippen LogP contribution in [0.1, 0.15) is 43.2 Å². The standard InChI is InChI=1S/C44H34N2/c1-4-13-30(14-5-1)31-21-23-32(24-22-31)40-29-41(46-43(45-40)33-15-6-2-7-16-33)36-19-12-20-38-42(36)37-27-34-17-8-9-18-35(34)28-39(37)44(38)25-10-3-11-26-44/h1-2,4-9,12-24,27-29H,3,10-11,25-26H2. The van der Waals surface area contributed by atoms with Gasteiger partial charge >= 0.3 is 0 Å². The minimum absolute atomic E-state index is 0.0638. The lowest BCUT2D eigenvalue weighted by atomic mass is 9.67. The molecule has 1 aromatic heterocycles. The molecular formula is C44H34N2. The number of rotatable bonds is 4. The topological polar surface area (TPSA) is 25.8 Å². The second-order valence-electron chi connectivity index (χ2n) is 12.9. The van der Waals surface area contributed by atoms with E-state index in [0.717, 1.165) is 28.3 Å². The Labute approximate surface area is 270 Å². The Kier molecular flexibility index (Phi) is 6.41. The van der Waals surface area contributed by atoms with Crippen LogP contribution in [0.25, 0.3) is 66.9 Å². The Morgan fingerprint density at radius 1 is 0.413 bits per heavy atom. The Bertz CT molecular complexity index is 2210. The molecule has 0 bridgehead atoms. The third-order valence-electron chi connectivity index (χ3n) is 10.3. The molecule has 2 heteroatoms. The molecule has 2 nitrogen and oxygen atoms in total. The summed E-state index contributed by atoms with van der Waals surface area (Å²) in [7, 11) is 0. The summed E-state index contributed by atoms with van der Waals surface area (Å²) in [5, 5.41) is 2.62. The van der Waals surface area contributed by atoms with E-state index in [1.807, 2.05) is 6.07 Å². The van der Waals surface area contributed by atoms with Crippen molar-refractivity contribution in [2.24, 2.45) is 0 Å². The van der Waals surface area contributed by atoms with Gasteiger partial charge in [-0.3, -0.25) is 0 Å². The summed E-state index contributed by atoms with van der Waals surface area (Å²) in [6.45, 7) is 0. The first kappa shape index (κ1) is 27.0. The van der Waals surface area contributed by atoms with Crippen molar-refractivity contribution in [3.05, 3.63) is 157 Å². The summed E-state index contributed by atoms with van der Waals surface area (Å²) in [6.07, 6.45) is 6.26. The fourth-order valence-corrected chi connectivity index (χ4v) is 8.05. The van der Waals surface area contributed by atoms with Gasteiger partial charge in [0.15, 0.2) is 5.82 Å². The minimum Gasteiger partial charge on any atom is -0.228 e. The predicted molar refractivity (Wildman–Crippen MR) is 191 cm³/mol. The van der Waals surface area contributed by atoms with Crippen molar-refractivity contribution in [3.63, 3.8) is 0 Å². The highest BCUT2D eigenvalue weighted by Crippen LogP contribution is 2.58.